The molecule has 0 radical (unpaired) electrons. The van der Waals surface area contributed by atoms with Crippen molar-refractivity contribution in [1.29, 1.82) is 0 Å². The summed E-state index contributed by atoms with van der Waals surface area (Å²) in [5.74, 6) is -0.443. The van der Waals surface area contributed by atoms with Gasteiger partial charge in [0.1, 0.15) is 11.8 Å². The maximum absolute atomic E-state index is 11.8. The van der Waals surface area contributed by atoms with Crippen molar-refractivity contribution in [1.82, 2.24) is 4.90 Å². The fourth-order valence-electron chi connectivity index (χ4n) is 2.24. The second-order valence-corrected chi connectivity index (χ2v) is 5.29. The van der Waals surface area contributed by atoms with Crippen molar-refractivity contribution < 1.29 is 19.4 Å². The Hall–Kier alpha value is -1.56. The second-order valence-electron chi connectivity index (χ2n) is 4.37. The molecule has 102 valence electrons. The van der Waals surface area contributed by atoms with Crippen LogP contribution in [0.4, 0.5) is 0 Å². The zero-order valence-electron chi connectivity index (χ0n) is 10.4. The Labute approximate surface area is 119 Å². The predicted octanol–water partition coefficient (Wildman–Crippen LogP) is 2.03. The first kappa shape index (κ1) is 13.9. The summed E-state index contributed by atoms with van der Waals surface area (Å²) < 4.78 is 6.10. The van der Waals surface area contributed by atoms with Crippen LogP contribution in [0.2, 0.25) is 0 Å². The Morgan fingerprint density at radius 2 is 2.32 bits per heavy atom. The largest absolute Gasteiger partial charge is 0.496 e. The number of amides is 1. The van der Waals surface area contributed by atoms with Gasteiger partial charge in [-0.15, -0.1) is 0 Å². The van der Waals surface area contributed by atoms with Crippen LogP contribution in [0.1, 0.15) is 18.4 Å². The molecule has 6 heteroatoms. The Morgan fingerprint density at radius 1 is 1.58 bits per heavy atom. The van der Waals surface area contributed by atoms with E-state index in [1.807, 2.05) is 12.1 Å². The third-order valence-electron chi connectivity index (χ3n) is 3.20. The minimum absolute atomic E-state index is 0.130. The van der Waals surface area contributed by atoms with Crippen molar-refractivity contribution in [2.75, 3.05) is 7.11 Å². The van der Waals surface area contributed by atoms with E-state index >= 15 is 0 Å². The quantitative estimate of drug-likeness (QED) is 0.918. The number of benzene rings is 1. The molecule has 0 aromatic heterocycles. The first-order valence-corrected chi connectivity index (χ1v) is 6.67. The maximum Gasteiger partial charge on any atom is 0.326 e. The smallest absolute Gasteiger partial charge is 0.326 e. The number of rotatable bonds is 4. The van der Waals surface area contributed by atoms with E-state index in [-0.39, 0.29) is 18.9 Å². The van der Waals surface area contributed by atoms with Crippen molar-refractivity contribution in [3.05, 3.63) is 28.2 Å². The van der Waals surface area contributed by atoms with E-state index in [0.29, 0.717) is 12.2 Å². The van der Waals surface area contributed by atoms with E-state index in [4.69, 9.17) is 9.84 Å². The van der Waals surface area contributed by atoms with Crippen molar-refractivity contribution in [2.45, 2.75) is 25.4 Å². The molecule has 1 saturated heterocycles. The van der Waals surface area contributed by atoms with Gasteiger partial charge in [-0.05, 0) is 24.6 Å². The summed E-state index contributed by atoms with van der Waals surface area (Å²) >= 11 is 3.36. The highest BCUT2D eigenvalue weighted by atomic mass is 79.9. The van der Waals surface area contributed by atoms with Crippen LogP contribution in [0, 0.1) is 0 Å². The molecule has 2 rings (SSSR count). The van der Waals surface area contributed by atoms with Crippen LogP contribution in [-0.2, 0) is 16.1 Å². The molecule has 1 aromatic rings. The van der Waals surface area contributed by atoms with Crippen LogP contribution < -0.4 is 4.74 Å². The number of carbonyl (C=O) groups is 2. The fourth-order valence-corrected chi connectivity index (χ4v) is 2.65. The first-order chi connectivity index (χ1) is 9.02. The monoisotopic (exact) mass is 327 g/mol. The van der Waals surface area contributed by atoms with Gasteiger partial charge in [-0.1, -0.05) is 15.9 Å². The summed E-state index contributed by atoms with van der Waals surface area (Å²) in [7, 11) is 1.55. The SMILES string of the molecule is COc1ccc(Br)cc1CN1C(=O)CCC1C(=O)O. The average Bonchev–Trinajstić information content (AvgIpc) is 2.72. The van der Waals surface area contributed by atoms with Crippen LogP contribution in [0.3, 0.4) is 0 Å². The molecule has 0 saturated carbocycles. The summed E-state index contributed by atoms with van der Waals surface area (Å²) in [6, 6.07) is 4.72. The molecule has 0 aliphatic carbocycles. The maximum atomic E-state index is 11.8. The summed E-state index contributed by atoms with van der Waals surface area (Å²) in [5, 5.41) is 9.13. The first-order valence-electron chi connectivity index (χ1n) is 5.87. The lowest BCUT2D eigenvalue weighted by atomic mass is 10.1. The number of carboxylic acids is 1. The lowest BCUT2D eigenvalue weighted by Crippen LogP contribution is -2.37. The van der Waals surface area contributed by atoms with Gasteiger partial charge < -0.3 is 14.7 Å². The molecule has 1 N–H and O–H groups in total. The van der Waals surface area contributed by atoms with Crippen molar-refractivity contribution in [2.24, 2.45) is 0 Å². The number of halogens is 1. The van der Waals surface area contributed by atoms with Crippen LogP contribution in [-0.4, -0.2) is 35.0 Å². The summed E-state index contributed by atoms with van der Waals surface area (Å²) in [5.41, 5.74) is 0.790. The van der Waals surface area contributed by atoms with Crippen molar-refractivity contribution >= 4 is 27.8 Å². The molecule has 1 aliphatic heterocycles. The summed E-state index contributed by atoms with van der Waals surface area (Å²) in [6.45, 7) is 0.248. The molecule has 1 fully saturated rings. The van der Waals surface area contributed by atoms with Crippen LogP contribution in [0.15, 0.2) is 22.7 Å². The molecular formula is C13H14BrNO4. The third kappa shape index (κ3) is 2.89. The molecular weight excluding hydrogens is 314 g/mol. The predicted molar refractivity (Wildman–Crippen MR) is 71.9 cm³/mol. The lowest BCUT2D eigenvalue weighted by Gasteiger charge is -2.22. The van der Waals surface area contributed by atoms with Crippen LogP contribution in [0.25, 0.3) is 0 Å². The molecule has 19 heavy (non-hydrogen) atoms. The second kappa shape index (κ2) is 5.61. The topological polar surface area (TPSA) is 66.8 Å². The Bertz CT molecular complexity index is 517. The van der Waals surface area contributed by atoms with Gasteiger partial charge in [-0.3, -0.25) is 4.79 Å². The van der Waals surface area contributed by atoms with Gasteiger partial charge in [0.25, 0.3) is 0 Å². The highest BCUT2D eigenvalue weighted by Gasteiger charge is 2.36. The van der Waals surface area contributed by atoms with Gasteiger partial charge in [0.2, 0.25) is 5.91 Å². The average molecular weight is 328 g/mol. The minimum Gasteiger partial charge on any atom is -0.496 e. The van der Waals surface area contributed by atoms with Crippen LogP contribution in [0.5, 0.6) is 5.75 Å². The number of likely N-dealkylation sites (tertiary alicyclic amines) is 1. The van der Waals surface area contributed by atoms with E-state index in [2.05, 4.69) is 15.9 Å². The molecule has 1 aliphatic rings. The molecule has 0 bridgehead atoms. The van der Waals surface area contributed by atoms with E-state index in [0.717, 1.165) is 10.0 Å². The number of ether oxygens (including phenoxy) is 1. The van der Waals surface area contributed by atoms with Crippen molar-refractivity contribution in [3.8, 4) is 5.75 Å². The molecule has 1 amide bonds. The molecule has 0 spiro atoms. The highest BCUT2D eigenvalue weighted by Crippen LogP contribution is 2.28. The van der Waals surface area contributed by atoms with Gasteiger partial charge in [0, 0.05) is 16.5 Å². The molecule has 5 nitrogen and oxygen atoms in total. The number of nitrogens with zero attached hydrogens (tertiary/aromatic N) is 1. The Kier molecular flexibility index (Phi) is 4.09. The number of carbonyl (C=O) groups excluding carboxylic acids is 1. The highest BCUT2D eigenvalue weighted by molar-refractivity contribution is 9.10. The summed E-state index contributed by atoms with van der Waals surface area (Å²) in [4.78, 5) is 24.3. The van der Waals surface area contributed by atoms with Crippen molar-refractivity contribution in [3.63, 3.8) is 0 Å². The van der Waals surface area contributed by atoms with E-state index in [1.165, 1.54) is 4.90 Å². The summed E-state index contributed by atoms with van der Waals surface area (Å²) in [6.07, 6.45) is 0.651. The lowest BCUT2D eigenvalue weighted by molar-refractivity contribution is -0.146. The third-order valence-corrected chi connectivity index (χ3v) is 3.69. The van der Waals surface area contributed by atoms with E-state index in [1.54, 1.807) is 13.2 Å². The Morgan fingerprint density at radius 3 is 2.95 bits per heavy atom. The molecule has 1 heterocycles. The number of methoxy groups -OCH3 is 1. The number of hydrogen-bond donors (Lipinski definition) is 1. The fraction of sp³-hybridized carbons (Fsp3) is 0.385. The zero-order chi connectivity index (χ0) is 14.0. The van der Waals surface area contributed by atoms with Gasteiger partial charge in [0.15, 0.2) is 0 Å². The van der Waals surface area contributed by atoms with Gasteiger partial charge in [-0.2, -0.15) is 0 Å². The number of hydrogen-bond acceptors (Lipinski definition) is 3. The van der Waals surface area contributed by atoms with Gasteiger partial charge >= 0.3 is 5.97 Å². The normalized spacial score (nSPS) is 18.7. The molecule has 1 atom stereocenters. The standard InChI is InChI=1S/C13H14BrNO4/c1-19-11-4-2-9(14)6-8(11)7-15-10(13(17)18)3-5-12(15)16/h2,4,6,10H,3,5,7H2,1H3,(H,17,18). The molecule has 1 unspecified atom stereocenters. The number of aliphatic carboxylic acids is 1. The molecule has 1 aromatic carbocycles. The van der Waals surface area contributed by atoms with E-state index < -0.39 is 12.0 Å². The van der Waals surface area contributed by atoms with Gasteiger partial charge in [0.05, 0.1) is 13.7 Å². The number of carboxylic acid groups (broad SMARTS) is 1. The zero-order valence-corrected chi connectivity index (χ0v) is 12.0. The Balaban J connectivity index is 2.26. The van der Waals surface area contributed by atoms with Crippen LogP contribution >= 0.6 is 15.9 Å². The minimum atomic E-state index is -0.959. The van der Waals surface area contributed by atoms with E-state index in [9.17, 15) is 9.59 Å². The van der Waals surface area contributed by atoms with Gasteiger partial charge in [-0.25, -0.2) is 4.79 Å².